The van der Waals surface area contributed by atoms with Crippen molar-refractivity contribution in [1.82, 2.24) is 4.98 Å². The molecule has 0 aliphatic carbocycles. The maximum Gasteiger partial charge on any atom is 0.573 e. The number of hydrogen-bond acceptors (Lipinski definition) is 9. The van der Waals surface area contributed by atoms with Gasteiger partial charge >= 0.3 is 12.3 Å². The van der Waals surface area contributed by atoms with E-state index < -0.39 is 28.7 Å². The Kier molecular flexibility index (Phi) is 6.87. The number of rotatable bonds is 8. The summed E-state index contributed by atoms with van der Waals surface area (Å²) in [5.41, 5.74) is 2.21. The summed E-state index contributed by atoms with van der Waals surface area (Å²) in [5.74, 6) is -1.10. The van der Waals surface area contributed by atoms with Crippen LogP contribution in [0.5, 0.6) is 5.75 Å². The molecule has 0 aliphatic heterocycles. The molecule has 1 N–H and O–H groups in total. The molecular weight excluding hydrogens is 405 g/mol. The summed E-state index contributed by atoms with van der Waals surface area (Å²) in [6.45, 7) is 1.91. The van der Waals surface area contributed by atoms with E-state index in [-0.39, 0.29) is 23.7 Å². The zero-order valence-electron chi connectivity index (χ0n) is 14.2. The van der Waals surface area contributed by atoms with Gasteiger partial charge in [0, 0.05) is 23.1 Å². The van der Waals surface area contributed by atoms with Crippen LogP contribution in [0, 0.1) is 10.1 Å². The van der Waals surface area contributed by atoms with Crippen molar-refractivity contribution in [2.24, 2.45) is 5.10 Å². The Morgan fingerprint density at radius 3 is 2.86 bits per heavy atom. The third kappa shape index (κ3) is 6.50. The highest BCUT2D eigenvalue weighted by atomic mass is 32.1. The average molecular weight is 418 g/mol. The Morgan fingerprint density at radius 2 is 2.21 bits per heavy atom. The lowest BCUT2D eigenvalue weighted by molar-refractivity contribution is -0.385. The molecule has 28 heavy (non-hydrogen) atoms. The number of nitrogens with zero attached hydrogens (tertiary/aromatic N) is 3. The average Bonchev–Trinajstić information content (AvgIpc) is 3.02. The second-order valence-corrected chi connectivity index (χ2v) is 5.88. The number of benzene rings is 1. The second kappa shape index (κ2) is 9.12. The molecule has 0 saturated heterocycles. The minimum atomic E-state index is -4.97. The minimum Gasteiger partial charge on any atom is -0.466 e. The van der Waals surface area contributed by atoms with Crippen molar-refractivity contribution in [3.05, 3.63) is 45.0 Å². The smallest absolute Gasteiger partial charge is 0.466 e. The number of carbonyl (C=O) groups excluding carboxylic acids is 1. The second-order valence-electron chi connectivity index (χ2n) is 5.02. The molecule has 9 nitrogen and oxygen atoms in total. The van der Waals surface area contributed by atoms with E-state index in [0.29, 0.717) is 5.69 Å². The normalized spacial score (nSPS) is 11.4. The van der Waals surface area contributed by atoms with Gasteiger partial charge in [-0.25, -0.2) is 4.98 Å². The van der Waals surface area contributed by atoms with Crippen LogP contribution in [0.3, 0.4) is 0 Å². The number of alkyl halides is 3. The van der Waals surface area contributed by atoms with Gasteiger partial charge < -0.3 is 9.47 Å². The summed E-state index contributed by atoms with van der Waals surface area (Å²) >= 11 is 1.10. The molecular formula is C15H13F3N4O5S. The van der Waals surface area contributed by atoms with Crippen LogP contribution in [0.15, 0.2) is 28.7 Å². The number of non-ortho nitro benzene ring substituents is 1. The number of nitrogens with one attached hydrogen (secondary N) is 1. The monoisotopic (exact) mass is 418 g/mol. The number of hydrazone groups is 1. The number of anilines is 1. The Balaban J connectivity index is 2.12. The maximum atomic E-state index is 12.5. The van der Waals surface area contributed by atoms with Gasteiger partial charge in [0.1, 0.15) is 5.75 Å². The van der Waals surface area contributed by atoms with E-state index in [1.807, 2.05) is 0 Å². The lowest BCUT2D eigenvalue weighted by Crippen LogP contribution is -2.18. The first-order chi connectivity index (χ1) is 13.2. The van der Waals surface area contributed by atoms with E-state index in [2.05, 4.69) is 20.2 Å². The lowest BCUT2D eigenvalue weighted by atomic mass is 10.2. The van der Waals surface area contributed by atoms with Crippen LogP contribution in [0.25, 0.3) is 0 Å². The predicted octanol–water partition coefficient (Wildman–Crippen LogP) is 3.50. The number of thiazole rings is 1. The number of esters is 1. The topological polar surface area (TPSA) is 116 Å². The highest BCUT2D eigenvalue weighted by molar-refractivity contribution is 7.13. The third-order valence-electron chi connectivity index (χ3n) is 2.98. The van der Waals surface area contributed by atoms with Gasteiger partial charge in [0.05, 0.1) is 29.9 Å². The van der Waals surface area contributed by atoms with Gasteiger partial charge in [-0.05, 0) is 13.0 Å². The quantitative estimate of drug-likeness (QED) is 0.302. The van der Waals surface area contributed by atoms with E-state index in [1.54, 1.807) is 12.3 Å². The molecule has 1 aromatic heterocycles. The third-order valence-corrected chi connectivity index (χ3v) is 3.77. The van der Waals surface area contributed by atoms with Crippen LogP contribution < -0.4 is 10.2 Å². The fourth-order valence-corrected chi connectivity index (χ4v) is 2.58. The van der Waals surface area contributed by atoms with Crippen LogP contribution in [-0.4, -0.2) is 35.1 Å². The summed E-state index contributed by atoms with van der Waals surface area (Å²) in [6, 6.07) is 2.60. The first kappa shape index (κ1) is 21.1. The Labute approximate surface area is 159 Å². The molecule has 13 heteroatoms. The SMILES string of the molecule is CCOC(=O)Cc1csc(NN=Cc2cc([N+](=O)[O-])ccc2OC(F)(F)F)n1. The first-order valence-corrected chi connectivity index (χ1v) is 8.49. The standard InChI is InChI=1S/C15H13F3N4O5S/c1-2-26-13(23)6-10-8-28-14(20-10)21-19-7-9-5-11(22(24)25)3-4-12(9)27-15(16,17)18/h3-5,7-8H,2,6H2,1H3,(H,20,21). The molecule has 0 aliphatic rings. The van der Waals surface area contributed by atoms with Crippen molar-refractivity contribution in [2.45, 2.75) is 19.7 Å². The molecule has 2 aromatic rings. The molecule has 0 spiro atoms. The molecule has 2 rings (SSSR count). The lowest BCUT2D eigenvalue weighted by Gasteiger charge is -2.10. The van der Waals surface area contributed by atoms with Crippen LogP contribution in [0.4, 0.5) is 24.0 Å². The molecule has 0 unspecified atom stereocenters. The highest BCUT2D eigenvalue weighted by Crippen LogP contribution is 2.28. The summed E-state index contributed by atoms with van der Waals surface area (Å²) < 4.78 is 46.0. The van der Waals surface area contributed by atoms with Crippen molar-refractivity contribution in [3.63, 3.8) is 0 Å². The molecule has 0 amide bonds. The Morgan fingerprint density at radius 1 is 1.46 bits per heavy atom. The van der Waals surface area contributed by atoms with Gasteiger partial charge in [-0.3, -0.25) is 20.3 Å². The van der Waals surface area contributed by atoms with Gasteiger partial charge in [-0.1, -0.05) is 0 Å². The van der Waals surface area contributed by atoms with Crippen molar-refractivity contribution in [1.29, 1.82) is 0 Å². The van der Waals surface area contributed by atoms with Crippen LogP contribution in [0.2, 0.25) is 0 Å². The molecule has 0 atom stereocenters. The fraction of sp³-hybridized carbons (Fsp3) is 0.267. The van der Waals surface area contributed by atoms with E-state index in [1.165, 1.54) is 0 Å². The Hall–Kier alpha value is -3.22. The van der Waals surface area contributed by atoms with Gasteiger partial charge in [-0.15, -0.1) is 24.5 Å². The molecule has 0 saturated carbocycles. The zero-order chi connectivity index (χ0) is 20.7. The zero-order valence-corrected chi connectivity index (χ0v) is 15.0. The van der Waals surface area contributed by atoms with E-state index in [4.69, 9.17) is 4.74 Å². The predicted molar refractivity (Wildman–Crippen MR) is 93.4 cm³/mol. The summed E-state index contributed by atoms with van der Waals surface area (Å²) in [5, 5.41) is 16.4. The van der Waals surface area contributed by atoms with Gasteiger partial charge in [-0.2, -0.15) is 5.10 Å². The maximum absolute atomic E-state index is 12.5. The van der Waals surface area contributed by atoms with Crippen molar-refractivity contribution < 1.29 is 32.4 Å². The van der Waals surface area contributed by atoms with Gasteiger partial charge in [0.25, 0.3) is 5.69 Å². The first-order valence-electron chi connectivity index (χ1n) is 7.61. The fourth-order valence-electron chi connectivity index (χ4n) is 1.92. The summed E-state index contributed by atoms with van der Waals surface area (Å²) in [4.78, 5) is 25.5. The van der Waals surface area contributed by atoms with E-state index in [9.17, 15) is 28.1 Å². The molecule has 150 valence electrons. The van der Waals surface area contributed by atoms with Crippen molar-refractivity contribution in [3.8, 4) is 5.75 Å². The molecule has 1 heterocycles. The number of aromatic nitrogens is 1. The molecule has 1 aromatic carbocycles. The summed E-state index contributed by atoms with van der Waals surface area (Å²) in [7, 11) is 0. The van der Waals surface area contributed by atoms with Crippen LogP contribution >= 0.6 is 11.3 Å². The molecule has 0 radical (unpaired) electrons. The van der Waals surface area contributed by atoms with Crippen molar-refractivity contribution >= 4 is 34.3 Å². The van der Waals surface area contributed by atoms with Gasteiger partial charge in [0.2, 0.25) is 5.13 Å². The molecule has 0 bridgehead atoms. The van der Waals surface area contributed by atoms with E-state index in [0.717, 1.165) is 35.8 Å². The van der Waals surface area contributed by atoms with Crippen LogP contribution in [-0.2, 0) is 16.0 Å². The number of ether oxygens (including phenoxy) is 2. The largest absolute Gasteiger partial charge is 0.573 e. The van der Waals surface area contributed by atoms with E-state index >= 15 is 0 Å². The molecule has 0 fully saturated rings. The number of nitro groups is 1. The van der Waals surface area contributed by atoms with Crippen LogP contribution in [0.1, 0.15) is 18.2 Å². The highest BCUT2D eigenvalue weighted by Gasteiger charge is 2.32. The minimum absolute atomic E-state index is 0.0375. The van der Waals surface area contributed by atoms with Crippen molar-refractivity contribution in [2.75, 3.05) is 12.0 Å². The number of carbonyl (C=O) groups is 1. The number of hydrogen-bond donors (Lipinski definition) is 1. The summed E-state index contributed by atoms with van der Waals surface area (Å²) in [6.07, 6.45) is -4.08. The Bertz CT molecular complexity index is 885. The number of nitro benzene ring substituents is 1. The number of halogens is 3. The van der Waals surface area contributed by atoms with Gasteiger partial charge in [0.15, 0.2) is 0 Å².